The Morgan fingerprint density at radius 3 is 2.81 bits per heavy atom. The number of rotatable bonds is 4. The summed E-state index contributed by atoms with van der Waals surface area (Å²) in [5.41, 5.74) is 5.91. The molecular weight excluding hydrogens is 291 g/mol. The van der Waals surface area contributed by atoms with Crippen LogP contribution in [0.15, 0.2) is 22.7 Å². The number of halogens is 2. The largest absolute Gasteiger partial charge is 0.342 e. The van der Waals surface area contributed by atoms with Crippen molar-refractivity contribution in [1.29, 1.82) is 0 Å². The van der Waals surface area contributed by atoms with E-state index in [1.165, 1.54) is 0 Å². The molecule has 0 fully saturated rings. The molecule has 0 spiro atoms. The lowest BCUT2D eigenvalue weighted by molar-refractivity contribution is 0.0794. The average Bonchev–Trinajstić information content (AvgIpc) is 2.25. The lowest BCUT2D eigenvalue weighted by Crippen LogP contribution is -2.29. The van der Waals surface area contributed by atoms with Crippen LogP contribution < -0.4 is 5.73 Å². The zero-order valence-electron chi connectivity index (χ0n) is 9.04. The van der Waals surface area contributed by atoms with Crippen LogP contribution in [0, 0.1) is 0 Å². The van der Waals surface area contributed by atoms with Gasteiger partial charge in [0.25, 0.3) is 5.91 Å². The highest BCUT2D eigenvalue weighted by atomic mass is 79.9. The molecule has 88 valence electrons. The molecule has 0 aliphatic heterocycles. The van der Waals surface area contributed by atoms with Crippen molar-refractivity contribution in [3.8, 4) is 0 Å². The molecule has 0 bridgehead atoms. The molecule has 1 aromatic carbocycles. The number of carbonyl (C=O) groups excluding carboxylic acids is 1. The van der Waals surface area contributed by atoms with Gasteiger partial charge in [-0.2, -0.15) is 0 Å². The van der Waals surface area contributed by atoms with Crippen molar-refractivity contribution in [1.82, 2.24) is 4.90 Å². The summed E-state index contributed by atoms with van der Waals surface area (Å²) in [6, 6.07) is 5.23. The van der Waals surface area contributed by atoms with Crippen LogP contribution in [0.3, 0.4) is 0 Å². The molecule has 2 N–H and O–H groups in total. The van der Waals surface area contributed by atoms with E-state index in [0.717, 1.165) is 10.9 Å². The number of nitrogens with two attached hydrogens (primary N) is 1. The summed E-state index contributed by atoms with van der Waals surface area (Å²) >= 11 is 9.30. The molecule has 0 unspecified atom stereocenters. The van der Waals surface area contributed by atoms with Crippen LogP contribution in [-0.2, 0) is 0 Å². The van der Waals surface area contributed by atoms with Gasteiger partial charge in [0.2, 0.25) is 0 Å². The molecule has 0 radical (unpaired) electrons. The number of carbonyl (C=O) groups is 1. The predicted molar refractivity (Wildman–Crippen MR) is 69.8 cm³/mol. The minimum absolute atomic E-state index is 0.0778. The Hall–Kier alpha value is -0.580. The normalized spacial score (nSPS) is 10.2. The Balaban J connectivity index is 2.79. The predicted octanol–water partition coefficient (Wildman–Crippen LogP) is 2.52. The van der Waals surface area contributed by atoms with Crippen LogP contribution in [-0.4, -0.2) is 30.9 Å². The number of hydrogen-bond donors (Lipinski definition) is 1. The lowest BCUT2D eigenvalue weighted by atomic mass is 10.2. The van der Waals surface area contributed by atoms with Gasteiger partial charge in [0, 0.05) is 18.1 Å². The van der Waals surface area contributed by atoms with Gasteiger partial charge >= 0.3 is 0 Å². The van der Waals surface area contributed by atoms with Gasteiger partial charge in [-0.25, -0.2) is 0 Å². The van der Waals surface area contributed by atoms with Crippen molar-refractivity contribution in [2.75, 3.05) is 20.1 Å². The molecule has 1 aromatic rings. The molecule has 5 heteroatoms. The second kappa shape index (κ2) is 6.23. The topological polar surface area (TPSA) is 46.3 Å². The summed E-state index contributed by atoms with van der Waals surface area (Å²) in [5.74, 6) is -0.0778. The van der Waals surface area contributed by atoms with Crippen LogP contribution in [0.25, 0.3) is 0 Å². The van der Waals surface area contributed by atoms with Crippen molar-refractivity contribution >= 4 is 33.4 Å². The molecule has 0 saturated carbocycles. The summed E-state index contributed by atoms with van der Waals surface area (Å²) in [7, 11) is 1.75. The molecule has 0 aliphatic carbocycles. The Labute approximate surface area is 109 Å². The molecule has 16 heavy (non-hydrogen) atoms. The average molecular weight is 306 g/mol. The highest BCUT2D eigenvalue weighted by molar-refractivity contribution is 9.10. The first-order valence-electron chi connectivity index (χ1n) is 4.97. The number of benzene rings is 1. The van der Waals surface area contributed by atoms with Gasteiger partial charge in [-0.15, -0.1) is 0 Å². The van der Waals surface area contributed by atoms with Crippen molar-refractivity contribution in [2.24, 2.45) is 5.73 Å². The summed E-state index contributed by atoms with van der Waals surface area (Å²) in [6.45, 7) is 1.22. The van der Waals surface area contributed by atoms with Crippen LogP contribution in [0.5, 0.6) is 0 Å². The third-order valence-corrected chi connectivity index (χ3v) is 3.01. The molecule has 3 nitrogen and oxygen atoms in total. The Morgan fingerprint density at radius 1 is 1.56 bits per heavy atom. The summed E-state index contributed by atoms with van der Waals surface area (Å²) < 4.78 is 0.860. The van der Waals surface area contributed by atoms with Crippen LogP contribution in [0.2, 0.25) is 5.02 Å². The Bertz CT molecular complexity index is 384. The molecule has 0 atom stereocenters. The summed E-state index contributed by atoms with van der Waals surface area (Å²) in [5, 5.41) is 0.457. The van der Waals surface area contributed by atoms with E-state index >= 15 is 0 Å². The van der Waals surface area contributed by atoms with Gasteiger partial charge in [-0.3, -0.25) is 4.79 Å². The van der Waals surface area contributed by atoms with E-state index in [0.29, 0.717) is 23.7 Å². The first-order valence-corrected chi connectivity index (χ1v) is 6.14. The van der Waals surface area contributed by atoms with Crippen molar-refractivity contribution in [3.05, 3.63) is 33.3 Å². The summed E-state index contributed by atoms with van der Waals surface area (Å²) in [4.78, 5) is 13.6. The fourth-order valence-electron chi connectivity index (χ4n) is 1.30. The van der Waals surface area contributed by atoms with Crippen LogP contribution >= 0.6 is 27.5 Å². The number of hydrogen-bond acceptors (Lipinski definition) is 2. The first kappa shape index (κ1) is 13.5. The maximum absolute atomic E-state index is 12.0. The van der Waals surface area contributed by atoms with Gasteiger partial charge < -0.3 is 10.6 Å². The molecule has 0 saturated heterocycles. The third kappa shape index (κ3) is 3.47. The van der Waals surface area contributed by atoms with Gasteiger partial charge in [0.05, 0.1) is 10.6 Å². The smallest absolute Gasteiger partial charge is 0.255 e. The van der Waals surface area contributed by atoms with E-state index in [1.807, 2.05) is 0 Å². The maximum Gasteiger partial charge on any atom is 0.255 e. The monoisotopic (exact) mass is 304 g/mol. The fourth-order valence-corrected chi connectivity index (χ4v) is 2.05. The fraction of sp³-hybridized carbons (Fsp3) is 0.364. The van der Waals surface area contributed by atoms with E-state index in [4.69, 9.17) is 17.3 Å². The van der Waals surface area contributed by atoms with Gasteiger partial charge in [-0.05, 0) is 31.2 Å². The van der Waals surface area contributed by atoms with Gasteiger partial charge in [0.15, 0.2) is 0 Å². The minimum Gasteiger partial charge on any atom is -0.342 e. The molecule has 0 aromatic heterocycles. The van der Waals surface area contributed by atoms with Crippen LogP contribution in [0.1, 0.15) is 16.8 Å². The van der Waals surface area contributed by atoms with Crippen LogP contribution in [0.4, 0.5) is 0 Å². The third-order valence-electron chi connectivity index (χ3n) is 2.21. The molecule has 0 heterocycles. The summed E-state index contributed by atoms with van der Waals surface area (Å²) in [6.07, 6.45) is 0.788. The van der Waals surface area contributed by atoms with Gasteiger partial charge in [0.1, 0.15) is 0 Å². The molecular formula is C11H14BrClN2O. The standard InChI is InChI=1S/C11H14BrClN2O/c1-15(6-2-5-14)11(16)9-4-3-8(12)7-10(9)13/h3-4,7H,2,5-6,14H2,1H3. The molecule has 1 amide bonds. The quantitative estimate of drug-likeness (QED) is 0.929. The Kier molecular flexibility index (Phi) is 5.25. The SMILES string of the molecule is CN(CCCN)C(=O)c1ccc(Br)cc1Cl. The van der Waals surface area contributed by atoms with E-state index in [2.05, 4.69) is 15.9 Å². The second-order valence-corrected chi connectivity index (χ2v) is 4.82. The zero-order chi connectivity index (χ0) is 12.1. The zero-order valence-corrected chi connectivity index (χ0v) is 11.4. The molecule has 1 rings (SSSR count). The molecule has 0 aliphatic rings. The lowest BCUT2D eigenvalue weighted by Gasteiger charge is -2.17. The van der Waals surface area contributed by atoms with E-state index in [1.54, 1.807) is 30.1 Å². The van der Waals surface area contributed by atoms with Crippen molar-refractivity contribution < 1.29 is 4.79 Å². The van der Waals surface area contributed by atoms with E-state index in [9.17, 15) is 4.79 Å². The minimum atomic E-state index is -0.0778. The van der Waals surface area contributed by atoms with Crippen molar-refractivity contribution in [3.63, 3.8) is 0 Å². The maximum atomic E-state index is 12.0. The van der Waals surface area contributed by atoms with E-state index in [-0.39, 0.29) is 5.91 Å². The highest BCUT2D eigenvalue weighted by Gasteiger charge is 2.14. The second-order valence-electron chi connectivity index (χ2n) is 3.49. The number of amides is 1. The van der Waals surface area contributed by atoms with E-state index < -0.39 is 0 Å². The van der Waals surface area contributed by atoms with Crippen molar-refractivity contribution in [2.45, 2.75) is 6.42 Å². The van der Waals surface area contributed by atoms with Gasteiger partial charge in [-0.1, -0.05) is 27.5 Å². The Morgan fingerprint density at radius 2 is 2.25 bits per heavy atom. The number of nitrogens with zero attached hydrogens (tertiary/aromatic N) is 1. The first-order chi connectivity index (χ1) is 7.56. The highest BCUT2D eigenvalue weighted by Crippen LogP contribution is 2.22.